The largest absolute Gasteiger partial charge is 0.497 e. The van der Waals surface area contributed by atoms with Crippen LogP contribution in [0.15, 0.2) is 127 Å². The molecule has 1 aliphatic rings. The molecule has 0 bridgehead atoms. The van der Waals surface area contributed by atoms with Gasteiger partial charge in [0, 0.05) is 16.7 Å². The van der Waals surface area contributed by atoms with Gasteiger partial charge in [-0.1, -0.05) is 60.7 Å². The number of hydrogen-bond donors (Lipinski definition) is 0. The third kappa shape index (κ3) is 5.47. The Morgan fingerprint density at radius 2 is 0.760 bits per heavy atom. The molecule has 0 fully saturated rings. The average molecular weight is 665 g/mol. The van der Waals surface area contributed by atoms with Crippen LogP contribution in [0.2, 0.25) is 0 Å². The lowest BCUT2D eigenvalue weighted by Crippen LogP contribution is -2.30. The van der Waals surface area contributed by atoms with E-state index in [-0.39, 0.29) is 0 Å². The summed E-state index contributed by atoms with van der Waals surface area (Å²) in [6, 6.07) is 41.0. The van der Waals surface area contributed by atoms with Crippen molar-refractivity contribution in [3.63, 3.8) is 0 Å². The molecule has 50 heavy (non-hydrogen) atoms. The molecule has 0 aromatic heterocycles. The van der Waals surface area contributed by atoms with Gasteiger partial charge in [-0.25, -0.2) is 4.79 Å². The number of cyclic esters (lactones) is 1. The molecule has 250 valence electrons. The van der Waals surface area contributed by atoms with Crippen LogP contribution >= 0.6 is 0 Å². The van der Waals surface area contributed by atoms with E-state index in [9.17, 15) is 4.79 Å². The van der Waals surface area contributed by atoms with Crippen LogP contribution in [-0.2, 0) is 10.3 Å². The first-order valence-electron chi connectivity index (χ1n) is 16.1. The van der Waals surface area contributed by atoms with Gasteiger partial charge in [-0.2, -0.15) is 0 Å². The van der Waals surface area contributed by atoms with Gasteiger partial charge in [0.25, 0.3) is 0 Å². The molecule has 6 aromatic carbocycles. The van der Waals surface area contributed by atoms with Crippen LogP contribution < -0.4 is 23.7 Å². The predicted molar refractivity (Wildman–Crippen MR) is 194 cm³/mol. The molecular weight excluding hydrogens is 628 g/mol. The summed E-state index contributed by atoms with van der Waals surface area (Å²) >= 11 is 0. The standard InChI is InChI=1S/C43H36O7/c1-45-32-16-6-27(7-17-32)37-26-38-41(40(29-10-20-34(47-3)21-11-29)39(37)28-8-18-33(46-2)19-9-28)43(50-42(38)44,30-12-22-35(48-4)23-13-30)31-14-24-36(49-5)25-15-31/h6-26H,1-5H3. The zero-order valence-corrected chi connectivity index (χ0v) is 28.5. The second-order valence-electron chi connectivity index (χ2n) is 11.8. The van der Waals surface area contributed by atoms with Crippen molar-refractivity contribution in [2.24, 2.45) is 0 Å². The molecular formula is C43H36O7. The number of esters is 1. The molecule has 0 radical (unpaired) electrons. The van der Waals surface area contributed by atoms with E-state index in [2.05, 4.69) is 0 Å². The number of carbonyl (C=O) groups is 1. The fraction of sp³-hybridized carbons (Fsp3) is 0.140. The van der Waals surface area contributed by atoms with E-state index in [0.29, 0.717) is 22.8 Å². The van der Waals surface area contributed by atoms with Crippen molar-refractivity contribution in [2.45, 2.75) is 5.60 Å². The number of hydrogen-bond acceptors (Lipinski definition) is 7. The number of benzene rings is 6. The summed E-state index contributed by atoms with van der Waals surface area (Å²) in [5.41, 5.74) is 6.75. The van der Waals surface area contributed by atoms with Gasteiger partial charge < -0.3 is 28.4 Å². The lowest BCUT2D eigenvalue weighted by atomic mass is 9.73. The molecule has 0 atom stereocenters. The third-order valence-electron chi connectivity index (χ3n) is 9.30. The number of ether oxygens (including phenoxy) is 6. The lowest BCUT2D eigenvalue weighted by Gasteiger charge is -2.33. The van der Waals surface area contributed by atoms with Crippen LogP contribution in [0.1, 0.15) is 27.0 Å². The predicted octanol–water partition coefficient (Wildman–Crippen LogP) is 9.19. The molecule has 0 amide bonds. The van der Waals surface area contributed by atoms with E-state index < -0.39 is 11.6 Å². The molecule has 0 saturated heterocycles. The Morgan fingerprint density at radius 1 is 0.420 bits per heavy atom. The highest BCUT2D eigenvalue weighted by molar-refractivity contribution is 6.07. The van der Waals surface area contributed by atoms with Crippen molar-refractivity contribution < 1.29 is 33.2 Å². The fourth-order valence-electron chi connectivity index (χ4n) is 6.78. The molecule has 7 heteroatoms. The normalized spacial score (nSPS) is 12.9. The molecule has 1 aliphatic heterocycles. The quantitative estimate of drug-likeness (QED) is 0.135. The molecule has 0 N–H and O–H groups in total. The van der Waals surface area contributed by atoms with Gasteiger partial charge in [-0.15, -0.1) is 0 Å². The highest BCUT2D eigenvalue weighted by atomic mass is 16.6. The number of methoxy groups -OCH3 is 5. The van der Waals surface area contributed by atoms with Crippen LogP contribution in [0.3, 0.4) is 0 Å². The maximum absolute atomic E-state index is 14.4. The van der Waals surface area contributed by atoms with E-state index in [1.54, 1.807) is 35.5 Å². The van der Waals surface area contributed by atoms with E-state index in [4.69, 9.17) is 28.4 Å². The summed E-state index contributed by atoms with van der Waals surface area (Å²) in [4.78, 5) is 14.4. The van der Waals surface area contributed by atoms with Crippen molar-refractivity contribution >= 4 is 5.97 Å². The topological polar surface area (TPSA) is 72.5 Å². The first-order chi connectivity index (χ1) is 24.4. The first kappa shape index (κ1) is 32.3. The van der Waals surface area contributed by atoms with Gasteiger partial charge in [0.15, 0.2) is 5.60 Å². The number of rotatable bonds is 10. The average Bonchev–Trinajstić information content (AvgIpc) is 3.49. The molecule has 7 nitrogen and oxygen atoms in total. The number of fused-ring (bicyclic) bond motifs is 1. The summed E-state index contributed by atoms with van der Waals surface area (Å²) in [6.07, 6.45) is 0. The second-order valence-corrected chi connectivity index (χ2v) is 11.8. The molecule has 6 aromatic rings. The zero-order valence-electron chi connectivity index (χ0n) is 28.5. The fourth-order valence-corrected chi connectivity index (χ4v) is 6.78. The Balaban J connectivity index is 1.66. The molecule has 0 spiro atoms. The molecule has 7 rings (SSSR count). The monoisotopic (exact) mass is 664 g/mol. The molecule has 1 heterocycles. The van der Waals surface area contributed by atoms with Crippen LogP contribution in [0.5, 0.6) is 28.7 Å². The van der Waals surface area contributed by atoms with Crippen LogP contribution in [0.4, 0.5) is 0 Å². The van der Waals surface area contributed by atoms with Gasteiger partial charge in [0.05, 0.1) is 41.1 Å². The van der Waals surface area contributed by atoms with E-state index >= 15 is 0 Å². The van der Waals surface area contributed by atoms with Gasteiger partial charge >= 0.3 is 5.97 Å². The van der Waals surface area contributed by atoms with Gasteiger partial charge in [-0.05, 0) is 100 Å². The minimum Gasteiger partial charge on any atom is -0.497 e. The zero-order chi connectivity index (χ0) is 34.8. The Hall–Kier alpha value is -6.21. The Morgan fingerprint density at radius 3 is 1.14 bits per heavy atom. The highest BCUT2D eigenvalue weighted by Crippen LogP contribution is 2.56. The van der Waals surface area contributed by atoms with Crippen molar-refractivity contribution in [3.8, 4) is 62.1 Å². The van der Waals surface area contributed by atoms with E-state index in [1.165, 1.54) is 0 Å². The minimum atomic E-state index is -1.33. The maximum Gasteiger partial charge on any atom is 0.340 e. The van der Waals surface area contributed by atoms with Crippen molar-refractivity contribution in [3.05, 3.63) is 150 Å². The van der Waals surface area contributed by atoms with Crippen molar-refractivity contribution in [1.82, 2.24) is 0 Å². The van der Waals surface area contributed by atoms with Gasteiger partial charge in [0.2, 0.25) is 0 Å². The number of carbonyl (C=O) groups excluding carboxylic acids is 1. The Kier molecular flexibility index (Phi) is 8.64. The molecule has 0 saturated carbocycles. The van der Waals surface area contributed by atoms with Crippen molar-refractivity contribution in [1.29, 1.82) is 0 Å². The SMILES string of the molecule is COc1ccc(-c2cc3c(c(-c4ccc(OC)cc4)c2-c2ccc(OC)cc2)C(c2ccc(OC)cc2)(c2ccc(OC)cc2)OC3=O)cc1. The summed E-state index contributed by atoms with van der Waals surface area (Å²) in [6.45, 7) is 0. The smallest absolute Gasteiger partial charge is 0.340 e. The lowest BCUT2D eigenvalue weighted by molar-refractivity contribution is 0.0252. The summed E-state index contributed by atoms with van der Waals surface area (Å²) < 4.78 is 34.4. The maximum atomic E-state index is 14.4. The summed E-state index contributed by atoms with van der Waals surface area (Å²) in [5, 5.41) is 0. The van der Waals surface area contributed by atoms with Crippen LogP contribution in [-0.4, -0.2) is 41.5 Å². The van der Waals surface area contributed by atoms with E-state index in [0.717, 1.165) is 61.6 Å². The second kappa shape index (κ2) is 13.4. The van der Waals surface area contributed by atoms with Gasteiger partial charge in [-0.3, -0.25) is 0 Å². The van der Waals surface area contributed by atoms with Crippen molar-refractivity contribution in [2.75, 3.05) is 35.5 Å². The Labute approximate surface area is 291 Å². The van der Waals surface area contributed by atoms with Gasteiger partial charge in [0.1, 0.15) is 28.7 Å². The minimum absolute atomic E-state index is 0.433. The summed E-state index contributed by atoms with van der Waals surface area (Å²) in [5.74, 6) is 3.12. The molecule has 0 unspecified atom stereocenters. The van der Waals surface area contributed by atoms with Crippen LogP contribution in [0.25, 0.3) is 33.4 Å². The van der Waals surface area contributed by atoms with Crippen LogP contribution in [0, 0.1) is 0 Å². The Bertz CT molecular complexity index is 2090. The molecule has 0 aliphatic carbocycles. The van der Waals surface area contributed by atoms with E-state index in [1.807, 2.05) is 127 Å². The highest BCUT2D eigenvalue weighted by Gasteiger charge is 2.51. The third-order valence-corrected chi connectivity index (χ3v) is 9.30. The first-order valence-corrected chi connectivity index (χ1v) is 16.1. The summed E-state index contributed by atoms with van der Waals surface area (Å²) in [7, 11) is 8.19.